The van der Waals surface area contributed by atoms with E-state index in [9.17, 15) is 0 Å². The number of nitrogens with zero attached hydrogens (tertiary/aromatic N) is 2. The minimum Gasteiger partial charge on any atom is -0.319 e. The van der Waals surface area contributed by atoms with Crippen molar-refractivity contribution in [2.24, 2.45) is 5.73 Å². The van der Waals surface area contributed by atoms with Crippen LogP contribution in [0.15, 0.2) is 36.7 Å². The first-order valence-corrected chi connectivity index (χ1v) is 5.66. The molecule has 0 fully saturated rings. The Labute approximate surface area is 102 Å². The zero-order chi connectivity index (χ0) is 12.5. The minimum atomic E-state index is -0.496. The number of aryl methyl sites for hydroxylation is 1. The van der Waals surface area contributed by atoms with Gasteiger partial charge >= 0.3 is 0 Å². The number of aromatic nitrogens is 2. The van der Waals surface area contributed by atoms with E-state index in [4.69, 9.17) is 5.73 Å². The molecule has 3 nitrogen and oxygen atoms in total. The van der Waals surface area contributed by atoms with Gasteiger partial charge in [-0.3, -0.25) is 0 Å². The van der Waals surface area contributed by atoms with E-state index in [0.717, 1.165) is 11.1 Å². The van der Waals surface area contributed by atoms with E-state index in [-0.39, 0.29) is 0 Å². The molecule has 0 spiro atoms. The molecule has 1 heterocycles. The quantitative estimate of drug-likeness (QED) is 0.858. The van der Waals surface area contributed by atoms with Gasteiger partial charge in [0, 0.05) is 18.0 Å². The van der Waals surface area contributed by atoms with Gasteiger partial charge in [0.1, 0.15) is 5.82 Å². The molecule has 0 radical (unpaired) electrons. The second-order valence-corrected chi connectivity index (χ2v) is 4.83. The number of hydrogen-bond donors (Lipinski definition) is 1. The molecule has 0 aliphatic heterocycles. The molecule has 0 saturated carbocycles. The summed E-state index contributed by atoms with van der Waals surface area (Å²) in [6.45, 7) is 5.88. The Bertz CT molecular complexity index is 510. The highest BCUT2D eigenvalue weighted by Crippen LogP contribution is 2.22. The van der Waals surface area contributed by atoms with Crippen molar-refractivity contribution in [3.05, 3.63) is 48.0 Å². The number of rotatable bonds is 2. The van der Waals surface area contributed by atoms with Crippen LogP contribution in [0.3, 0.4) is 0 Å². The lowest BCUT2D eigenvalue weighted by Gasteiger charge is -2.16. The van der Waals surface area contributed by atoms with Crippen LogP contribution in [-0.2, 0) is 5.54 Å². The molecule has 0 amide bonds. The largest absolute Gasteiger partial charge is 0.319 e. The van der Waals surface area contributed by atoms with Gasteiger partial charge in [0.05, 0.1) is 5.54 Å². The van der Waals surface area contributed by atoms with Crippen molar-refractivity contribution in [2.75, 3.05) is 0 Å². The molecule has 2 N–H and O–H groups in total. The number of nitrogens with two attached hydrogens (primary N) is 1. The van der Waals surface area contributed by atoms with Gasteiger partial charge < -0.3 is 5.73 Å². The summed E-state index contributed by atoms with van der Waals surface area (Å²) in [5.41, 5.74) is 8.86. The van der Waals surface area contributed by atoms with Gasteiger partial charge in [-0.05, 0) is 31.9 Å². The topological polar surface area (TPSA) is 51.8 Å². The normalized spacial score (nSPS) is 11.5. The summed E-state index contributed by atoms with van der Waals surface area (Å²) in [4.78, 5) is 8.66. The van der Waals surface area contributed by atoms with Gasteiger partial charge in [0.15, 0.2) is 0 Å². The lowest BCUT2D eigenvalue weighted by Crippen LogP contribution is -2.31. The third-order valence-corrected chi connectivity index (χ3v) is 2.68. The summed E-state index contributed by atoms with van der Waals surface area (Å²) in [6, 6.07) is 8.19. The Kier molecular flexibility index (Phi) is 2.94. The van der Waals surface area contributed by atoms with Crippen molar-refractivity contribution >= 4 is 0 Å². The molecule has 0 bridgehead atoms. The zero-order valence-electron chi connectivity index (χ0n) is 10.4. The van der Waals surface area contributed by atoms with Crippen molar-refractivity contribution in [1.82, 2.24) is 9.97 Å². The molecule has 3 heteroatoms. The van der Waals surface area contributed by atoms with E-state index in [1.54, 1.807) is 0 Å². The molecule has 1 aromatic carbocycles. The second kappa shape index (κ2) is 4.26. The summed E-state index contributed by atoms with van der Waals surface area (Å²) >= 11 is 0. The molecule has 0 aliphatic carbocycles. The van der Waals surface area contributed by atoms with E-state index in [2.05, 4.69) is 29.0 Å². The van der Waals surface area contributed by atoms with Crippen molar-refractivity contribution in [3.8, 4) is 11.1 Å². The van der Waals surface area contributed by atoms with Crippen LogP contribution in [0, 0.1) is 6.92 Å². The van der Waals surface area contributed by atoms with Gasteiger partial charge in [-0.2, -0.15) is 0 Å². The lowest BCUT2D eigenvalue weighted by molar-refractivity contribution is 0.514. The SMILES string of the molecule is Cc1ccccc1-c1cnc(C(C)(C)N)nc1. The standard InChI is InChI=1S/C14H17N3/c1-10-6-4-5-7-12(10)11-8-16-13(17-9-11)14(2,3)15/h4-9H,15H2,1-3H3. The fourth-order valence-electron chi connectivity index (χ4n) is 1.70. The van der Waals surface area contributed by atoms with Gasteiger partial charge in [-0.15, -0.1) is 0 Å². The first-order chi connectivity index (χ1) is 7.98. The van der Waals surface area contributed by atoms with E-state index >= 15 is 0 Å². The highest BCUT2D eigenvalue weighted by molar-refractivity contribution is 5.65. The minimum absolute atomic E-state index is 0.496. The average molecular weight is 227 g/mol. The molecular formula is C14H17N3. The van der Waals surface area contributed by atoms with E-state index in [1.807, 2.05) is 38.4 Å². The van der Waals surface area contributed by atoms with Gasteiger partial charge in [-0.25, -0.2) is 9.97 Å². The smallest absolute Gasteiger partial charge is 0.147 e. The Balaban J connectivity index is 2.40. The van der Waals surface area contributed by atoms with Crippen molar-refractivity contribution in [2.45, 2.75) is 26.3 Å². The molecule has 0 atom stereocenters. The van der Waals surface area contributed by atoms with Crippen LogP contribution >= 0.6 is 0 Å². The molecule has 0 unspecified atom stereocenters. The predicted octanol–water partition coefficient (Wildman–Crippen LogP) is 2.65. The summed E-state index contributed by atoms with van der Waals surface area (Å²) in [5, 5.41) is 0. The van der Waals surface area contributed by atoms with Crippen LogP contribution in [0.2, 0.25) is 0 Å². The fourth-order valence-corrected chi connectivity index (χ4v) is 1.70. The maximum atomic E-state index is 5.95. The fraction of sp³-hybridized carbons (Fsp3) is 0.286. The molecule has 0 aliphatic rings. The highest BCUT2D eigenvalue weighted by atomic mass is 14.9. The third-order valence-electron chi connectivity index (χ3n) is 2.68. The summed E-state index contributed by atoms with van der Waals surface area (Å²) in [7, 11) is 0. The average Bonchev–Trinajstić information content (AvgIpc) is 2.29. The van der Waals surface area contributed by atoms with Gasteiger partial charge in [0.25, 0.3) is 0 Å². The molecular weight excluding hydrogens is 210 g/mol. The molecule has 2 aromatic rings. The van der Waals surface area contributed by atoms with Crippen LogP contribution in [0.4, 0.5) is 0 Å². The van der Waals surface area contributed by atoms with Crippen molar-refractivity contribution < 1.29 is 0 Å². The van der Waals surface area contributed by atoms with Crippen LogP contribution in [-0.4, -0.2) is 9.97 Å². The van der Waals surface area contributed by atoms with Crippen LogP contribution < -0.4 is 5.73 Å². The molecule has 88 valence electrons. The van der Waals surface area contributed by atoms with E-state index in [0.29, 0.717) is 5.82 Å². The van der Waals surface area contributed by atoms with Gasteiger partial charge in [-0.1, -0.05) is 24.3 Å². The molecule has 2 rings (SSSR count). The molecule has 17 heavy (non-hydrogen) atoms. The summed E-state index contributed by atoms with van der Waals surface area (Å²) in [5.74, 6) is 0.662. The van der Waals surface area contributed by atoms with Crippen LogP contribution in [0.1, 0.15) is 25.2 Å². The summed E-state index contributed by atoms with van der Waals surface area (Å²) in [6.07, 6.45) is 3.67. The maximum Gasteiger partial charge on any atom is 0.147 e. The number of benzene rings is 1. The van der Waals surface area contributed by atoms with E-state index in [1.165, 1.54) is 5.56 Å². The second-order valence-electron chi connectivity index (χ2n) is 4.83. The first-order valence-electron chi connectivity index (χ1n) is 5.66. The Morgan fingerprint density at radius 2 is 1.65 bits per heavy atom. The lowest BCUT2D eigenvalue weighted by atomic mass is 10.0. The molecule has 1 aromatic heterocycles. The monoisotopic (exact) mass is 227 g/mol. The first kappa shape index (κ1) is 11.7. The Morgan fingerprint density at radius 3 is 2.18 bits per heavy atom. The van der Waals surface area contributed by atoms with Crippen molar-refractivity contribution in [3.63, 3.8) is 0 Å². The van der Waals surface area contributed by atoms with Gasteiger partial charge in [0.2, 0.25) is 0 Å². The molecule has 0 saturated heterocycles. The van der Waals surface area contributed by atoms with Crippen LogP contribution in [0.25, 0.3) is 11.1 Å². The van der Waals surface area contributed by atoms with E-state index < -0.39 is 5.54 Å². The maximum absolute atomic E-state index is 5.95. The number of hydrogen-bond acceptors (Lipinski definition) is 3. The third kappa shape index (κ3) is 2.50. The van der Waals surface area contributed by atoms with Crippen molar-refractivity contribution in [1.29, 1.82) is 0 Å². The Hall–Kier alpha value is -1.74. The van der Waals surface area contributed by atoms with Crippen LogP contribution in [0.5, 0.6) is 0 Å². The Morgan fingerprint density at radius 1 is 1.06 bits per heavy atom. The summed E-state index contributed by atoms with van der Waals surface area (Å²) < 4.78 is 0. The highest BCUT2D eigenvalue weighted by Gasteiger charge is 2.17. The predicted molar refractivity (Wildman–Crippen MR) is 69.4 cm³/mol. The zero-order valence-corrected chi connectivity index (χ0v) is 10.4.